The summed E-state index contributed by atoms with van der Waals surface area (Å²) in [6.45, 7) is 1.49. The molecule has 2 aromatic carbocycles. The van der Waals surface area contributed by atoms with Crippen molar-refractivity contribution in [1.29, 1.82) is 0 Å². The van der Waals surface area contributed by atoms with Gasteiger partial charge in [0.1, 0.15) is 5.82 Å². The average molecular weight is 436 g/mol. The molecule has 0 spiro atoms. The van der Waals surface area contributed by atoms with Gasteiger partial charge in [-0.3, -0.25) is 0 Å². The molecule has 0 bridgehead atoms. The van der Waals surface area contributed by atoms with Crippen molar-refractivity contribution in [3.8, 4) is 11.3 Å². The van der Waals surface area contributed by atoms with Crippen LogP contribution in [0.15, 0.2) is 48.5 Å². The average Bonchev–Trinajstić information content (AvgIpc) is 2.87. The van der Waals surface area contributed by atoms with E-state index in [-0.39, 0.29) is 10.9 Å². The topological polar surface area (TPSA) is 29.0 Å². The van der Waals surface area contributed by atoms with Crippen molar-refractivity contribution in [2.45, 2.75) is 25.1 Å². The van der Waals surface area contributed by atoms with Crippen molar-refractivity contribution < 1.29 is 17.6 Å². The summed E-state index contributed by atoms with van der Waals surface area (Å²) >= 11 is 5.84. The van der Waals surface area contributed by atoms with Gasteiger partial charge in [-0.2, -0.15) is 13.2 Å². The van der Waals surface area contributed by atoms with Crippen molar-refractivity contribution >= 4 is 11.6 Å². The van der Waals surface area contributed by atoms with Gasteiger partial charge in [0.25, 0.3) is 0 Å². The first-order chi connectivity index (χ1) is 14.2. The zero-order chi connectivity index (χ0) is 21.5. The maximum absolute atomic E-state index is 14.1. The van der Waals surface area contributed by atoms with Crippen LogP contribution in [0.3, 0.4) is 0 Å². The van der Waals surface area contributed by atoms with Crippen molar-refractivity contribution in [3.63, 3.8) is 0 Å². The minimum atomic E-state index is -4.52. The smallest absolute Gasteiger partial charge is 0.302 e. The van der Waals surface area contributed by atoms with Gasteiger partial charge in [-0.1, -0.05) is 29.8 Å². The molecule has 0 amide bonds. The van der Waals surface area contributed by atoms with Gasteiger partial charge in [0.2, 0.25) is 0 Å². The minimum Gasteiger partial charge on any atom is -0.302 e. The number of nitrogens with zero attached hydrogens (tertiary/aromatic N) is 3. The highest BCUT2D eigenvalue weighted by Gasteiger charge is 2.33. The molecular weight excluding hydrogens is 418 g/mol. The first kappa shape index (κ1) is 20.8. The van der Waals surface area contributed by atoms with Crippen LogP contribution in [0.1, 0.15) is 34.7 Å². The Kier molecular flexibility index (Phi) is 5.51. The molecule has 0 saturated carbocycles. The number of halogens is 5. The molecule has 2 heterocycles. The minimum absolute atomic E-state index is 0.00976. The van der Waals surface area contributed by atoms with E-state index in [1.165, 1.54) is 12.1 Å². The van der Waals surface area contributed by atoms with E-state index in [4.69, 9.17) is 11.6 Å². The summed E-state index contributed by atoms with van der Waals surface area (Å²) in [5.74, 6) is -0.463. The van der Waals surface area contributed by atoms with E-state index in [1.54, 1.807) is 6.07 Å². The Labute approximate surface area is 176 Å². The molecular formula is C22H18ClF4N3. The molecule has 3 nitrogen and oxygen atoms in total. The lowest BCUT2D eigenvalue weighted by molar-refractivity contribution is -0.141. The summed E-state index contributed by atoms with van der Waals surface area (Å²) in [4.78, 5) is 2.16. The van der Waals surface area contributed by atoms with Gasteiger partial charge in [-0.05, 0) is 67.0 Å². The highest BCUT2D eigenvalue weighted by Crippen LogP contribution is 2.37. The van der Waals surface area contributed by atoms with Crippen molar-refractivity contribution in [2.24, 2.45) is 0 Å². The standard InChI is InChI=1S/C22H18ClF4N3/c1-30-9-8-17(13-3-5-18(23)19(24)11-13)16-4-2-14(10-15(16)12-30)20-6-7-21(29-28-20)22(25,26)27/h2-7,10-11,17H,8-9,12H2,1H3. The van der Waals surface area contributed by atoms with Crippen molar-refractivity contribution in [1.82, 2.24) is 15.1 Å². The number of hydrogen-bond donors (Lipinski definition) is 0. The second kappa shape index (κ2) is 7.96. The monoisotopic (exact) mass is 435 g/mol. The Morgan fingerprint density at radius 1 is 1.03 bits per heavy atom. The summed E-state index contributed by atoms with van der Waals surface area (Å²) in [7, 11) is 2.00. The quantitative estimate of drug-likeness (QED) is 0.468. The highest BCUT2D eigenvalue weighted by atomic mass is 35.5. The predicted octanol–water partition coefficient (Wildman–Crippen LogP) is 5.92. The molecule has 156 valence electrons. The van der Waals surface area contributed by atoms with Crippen LogP contribution in [0.4, 0.5) is 17.6 Å². The zero-order valence-electron chi connectivity index (χ0n) is 16.0. The van der Waals surface area contributed by atoms with Gasteiger partial charge in [-0.25, -0.2) is 4.39 Å². The maximum atomic E-state index is 14.1. The van der Waals surface area contributed by atoms with Crippen LogP contribution in [0.5, 0.6) is 0 Å². The van der Waals surface area contributed by atoms with Crippen LogP contribution in [0.2, 0.25) is 5.02 Å². The molecule has 4 rings (SSSR count). The lowest BCUT2D eigenvalue weighted by Crippen LogP contribution is -2.17. The Bertz CT molecular complexity index is 1070. The Balaban J connectivity index is 1.73. The van der Waals surface area contributed by atoms with E-state index < -0.39 is 17.7 Å². The first-order valence-corrected chi connectivity index (χ1v) is 9.78. The molecule has 30 heavy (non-hydrogen) atoms. The summed E-state index contributed by atoms with van der Waals surface area (Å²) in [6.07, 6.45) is -3.72. The summed E-state index contributed by atoms with van der Waals surface area (Å²) in [6, 6.07) is 12.8. The number of alkyl halides is 3. The predicted molar refractivity (Wildman–Crippen MR) is 107 cm³/mol. The summed E-state index contributed by atoms with van der Waals surface area (Å²) in [5, 5.41) is 7.15. The fourth-order valence-corrected chi connectivity index (χ4v) is 3.95. The number of benzene rings is 2. The molecule has 0 aliphatic carbocycles. The number of aromatic nitrogens is 2. The van der Waals surface area contributed by atoms with Gasteiger partial charge in [-0.15, -0.1) is 10.2 Å². The second-order valence-corrected chi connectivity index (χ2v) is 7.87. The maximum Gasteiger partial charge on any atom is 0.435 e. The fourth-order valence-electron chi connectivity index (χ4n) is 3.83. The third-order valence-corrected chi connectivity index (χ3v) is 5.66. The van der Waals surface area contributed by atoms with Crippen LogP contribution < -0.4 is 0 Å². The normalized spacial score (nSPS) is 17.5. The first-order valence-electron chi connectivity index (χ1n) is 9.40. The van der Waals surface area contributed by atoms with Crippen LogP contribution in [0.25, 0.3) is 11.3 Å². The van der Waals surface area contributed by atoms with E-state index in [1.807, 2.05) is 31.3 Å². The molecule has 0 fully saturated rings. The summed E-state index contributed by atoms with van der Waals surface area (Å²) in [5.41, 5.74) is 2.96. The fraction of sp³-hybridized carbons (Fsp3) is 0.273. The van der Waals surface area contributed by atoms with Gasteiger partial charge in [0.05, 0.1) is 10.7 Å². The van der Waals surface area contributed by atoms with Gasteiger partial charge in [0, 0.05) is 18.0 Å². The lowest BCUT2D eigenvalue weighted by atomic mass is 9.85. The number of fused-ring (bicyclic) bond motifs is 1. The van der Waals surface area contributed by atoms with Crippen molar-refractivity contribution in [3.05, 3.63) is 81.8 Å². The van der Waals surface area contributed by atoms with E-state index in [0.717, 1.165) is 35.7 Å². The molecule has 1 atom stereocenters. The number of hydrogen-bond acceptors (Lipinski definition) is 3. The molecule has 1 aliphatic rings. The Hall–Kier alpha value is -2.51. The van der Waals surface area contributed by atoms with E-state index in [2.05, 4.69) is 15.1 Å². The second-order valence-electron chi connectivity index (χ2n) is 7.47. The van der Waals surface area contributed by atoms with E-state index >= 15 is 0 Å². The summed E-state index contributed by atoms with van der Waals surface area (Å²) < 4.78 is 52.3. The van der Waals surface area contributed by atoms with Gasteiger partial charge in [0.15, 0.2) is 5.69 Å². The van der Waals surface area contributed by atoms with Crippen LogP contribution in [-0.4, -0.2) is 28.7 Å². The molecule has 0 radical (unpaired) electrons. The third-order valence-electron chi connectivity index (χ3n) is 5.35. The number of rotatable bonds is 2. The molecule has 1 aromatic heterocycles. The molecule has 1 unspecified atom stereocenters. The third kappa shape index (κ3) is 4.18. The molecule has 3 aromatic rings. The molecule has 1 aliphatic heterocycles. The van der Waals surface area contributed by atoms with Crippen LogP contribution >= 0.6 is 11.6 Å². The Morgan fingerprint density at radius 3 is 2.50 bits per heavy atom. The lowest BCUT2D eigenvalue weighted by Gasteiger charge is -2.19. The SMILES string of the molecule is CN1CCC(c2ccc(Cl)c(F)c2)c2ccc(-c3ccc(C(F)(F)F)nn3)cc2C1. The highest BCUT2D eigenvalue weighted by molar-refractivity contribution is 6.30. The van der Waals surface area contributed by atoms with E-state index in [9.17, 15) is 17.6 Å². The van der Waals surface area contributed by atoms with E-state index in [0.29, 0.717) is 17.8 Å². The van der Waals surface area contributed by atoms with Crippen LogP contribution in [-0.2, 0) is 12.7 Å². The molecule has 0 N–H and O–H groups in total. The largest absolute Gasteiger partial charge is 0.435 e. The van der Waals surface area contributed by atoms with Crippen LogP contribution in [0, 0.1) is 5.82 Å². The Morgan fingerprint density at radius 2 is 1.83 bits per heavy atom. The van der Waals surface area contributed by atoms with Gasteiger partial charge >= 0.3 is 6.18 Å². The molecule has 8 heteroatoms. The molecule has 0 saturated heterocycles. The zero-order valence-corrected chi connectivity index (χ0v) is 16.8. The van der Waals surface area contributed by atoms with Gasteiger partial charge < -0.3 is 4.90 Å². The van der Waals surface area contributed by atoms with Crippen molar-refractivity contribution in [2.75, 3.05) is 13.6 Å².